The summed E-state index contributed by atoms with van der Waals surface area (Å²) in [7, 11) is 0. The second-order valence-electron chi connectivity index (χ2n) is 3.82. The molecule has 4 heteroatoms. The average molecular weight is 249 g/mol. The van der Waals surface area contributed by atoms with E-state index in [4.69, 9.17) is 11.6 Å². The maximum absolute atomic E-state index is 12.2. The van der Waals surface area contributed by atoms with Crippen molar-refractivity contribution in [2.24, 2.45) is 0 Å². The van der Waals surface area contributed by atoms with Crippen molar-refractivity contribution in [3.63, 3.8) is 0 Å². The lowest BCUT2D eigenvalue weighted by atomic mass is 10.1. The maximum Gasteiger partial charge on any atom is 0.211 e. The van der Waals surface area contributed by atoms with Crippen LogP contribution < -0.4 is 0 Å². The largest absolute Gasteiger partial charge is 0.287 e. The fraction of sp³-hybridized carbons (Fsp3) is 0.231. The molecule has 0 atom stereocenters. The minimum atomic E-state index is -0.0240. The highest BCUT2D eigenvalue weighted by Gasteiger charge is 2.14. The van der Waals surface area contributed by atoms with E-state index >= 15 is 0 Å². The zero-order valence-electron chi connectivity index (χ0n) is 9.77. The summed E-state index contributed by atoms with van der Waals surface area (Å²) in [5.41, 5.74) is 2.10. The molecule has 0 spiro atoms. The first-order valence-corrected chi connectivity index (χ1v) is 5.84. The van der Waals surface area contributed by atoms with Crippen LogP contribution >= 0.6 is 11.6 Å². The smallest absolute Gasteiger partial charge is 0.211 e. The number of halogens is 1. The number of hydrogen-bond acceptors (Lipinski definition) is 2. The molecule has 0 aliphatic heterocycles. The van der Waals surface area contributed by atoms with Crippen molar-refractivity contribution in [3.05, 3.63) is 52.3 Å². The first-order chi connectivity index (χ1) is 8.11. The number of benzene rings is 1. The third kappa shape index (κ3) is 2.39. The number of carbonyl (C=O) groups excluding carboxylic acids is 1. The summed E-state index contributed by atoms with van der Waals surface area (Å²) < 4.78 is 1.71. The van der Waals surface area contributed by atoms with Crippen LogP contribution in [0.25, 0.3) is 0 Å². The Bertz CT molecular complexity index is 543. The Balaban J connectivity index is 2.39. The highest BCUT2D eigenvalue weighted by molar-refractivity contribution is 6.30. The molecule has 88 valence electrons. The number of rotatable bonds is 3. The lowest BCUT2D eigenvalue weighted by Crippen LogP contribution is -2.10. The summed E-state index contributed by atoms with van der Waals surface area (Å²) in [6.45, 7) is 4.53. The molecule has 1 aromatic carbocycles. The third-order valence-electron chi connectivity index (χ3n) is 2.54. The Kier molecular flexibility index (Phi) is 3.29. The first kappa shape index (κ1) is 11.9. The molecule has 0 saturated heterocycles. The number of ketones is 1. The van der Waals surface area contributed by atoms with Crippen molar-refractivity contribution in [1.29, 1.82) is 0 Å². The van der Waals surface area contributed by atoms with Gasteiger partial charge in [0.1, 0.15) is 5.69 Å². The van der Waals surface area contributed by atoms with Gasteiger partial charge in [0.25, 0.3) is 0 Å². The number of aryl methyl sites for hydroxylation is 2. The summed E-state index contributed by atoms with van der Waals surface area (Å²) in [6, 6.07) is 8.70. The van der Waals surface area contributed by atoms with E-state index < -0.39 is 0 Å². The van der Waals surface area contributed by atoms with E-state index in [1.165, 1.54) is 0 Å². The molecule has 0 unspecified atom stereocenters. The molecule has 0 saturated carbocycles. The van der Waals surface area contributed by atoms with Gasteiger partial charge in [-0.3, -0.25) is 9.48 Å². The predicted octanol–water partition coefficient (Wildman–Crippen LogP) is 3.10. The van der Waals surface area contributed by atoms with E-state index in [9.17, 15) is 4.79 Å². The molecule has 2 rings (SSSR count). The molecular weight excluding hydrogens is 236 g/mol. The van der Waals surface area contributed by atoms with Crippen LogP contribution in [0, 0.1) is 6.92 Å². The van der Waals surface area contributed by atoms with Gasteiger partial charge in [-0.15, -0.1) is 0 Å². The molecule has 0 amide bonds. The zero-order chi connectivity index (χ0) is 12.4. The van der Waals surface area contributed by atoms with Crippen LogP contribution in [-0.4, -0.2) is 15.6 Å². The molecule has 0 N–H and O–H groups in total. The molecule has 17 heavy (non-hydrogen) atoms. The van der Waals surface area contributed by atoms with Crippen molar-refractivity contribution in [2.75, 3.05) is 0 Å². The maximum atomic E-state index is 12.2. The van der Waals surface area contributed by atoms with Gasteiger partial charge in [0.15, 0.2) is 0 Å². The van der Waals surface area contributed by atoms with Gasteiger partial charge >= 0.3 is 0 Å². The van der Waals surface area contributed by atoms with Crippen LogP contribution in [0.3, 0.4) is 0 Å². The minimum Gasteiger partial charge on any atom is -0.287 e. The van der Waals surface area contributed by atoms with Gasteiger partial charge in [0, 0.05) is 17.1 Å². The van der Waals surface area contributed by atoms with E-state index in [-0.39, 0.29) is 5.78 Å². The fourth-order valence-corrected chi connectivity index (χ4v) is 1.84. The quantitative estimate of drug-likeness (QED) is 0.783. The monoisotopic (exact) mass is 248 g/mol. The standard InChI is InChI=1S/C13H13ClN2O/c1-3-16-12(8-9(2)15-16)13(17)10-4-6-11(14)7-5-10/h4-8H,3H2,1-2H3. The fourth-order valence-electron chi connectivity index (χ4n) is 1.72. The molecule has 0 aliphatic rings. The highest BCUT2D eigenvalue weighted by Crippen LogP contribution is 2.14. The summed E-state index contributed by atoms with van der Waals surface area (Å²) in [5.74, 6) is -0.0240. The van der Waals surface area contributed by atoms with Crippen molar-refractivity contribution in [2.45, 2.75) is 20.4 Å². The molecule has 3 nitrogen and oxygen atoms in total. The molecule has 1 aromatic heterocycles. The lowest BCUT2D eigenvalue weighted by molar-refractivity contribution is 0.102. The van der Waals surface area contributed by atoms with Crippen molar-refractivity contribution < 1.29 is 4.79 Å². The summed E-state index contributed by atoms with van der Waals surface area (Å²) >= 11 is 5.80. The second kappa shape index (κ2) is 4.72. The van der Waals surface area contributed by atoms with E-state index in [1.54, 1.807) is 35.0 Å². The summed E-state index contributed by atoms with van der Waals surface area (Å²) in [6.07, 6.45) is 0. The van der Waals surface area contributed by atoms with Gasteiger partial charge in [0.2, 0.25) is 5.78 Å². The van der Waals surface area contributed by atoms with Gasteiger partial charge < -0.3 is 0 Å². The van der Waals surface area contributed by atoms with Gasteiger partial charge in [0.05, 0.1) is 5.69 Å². The van der Waals surface area contributed by atoms with Crippen LogP contribution in [-0.2, 0) is 6.54 Å². The van der Waals surface area contributed by atoms with E-state index in [0.29, 0.717) is 22.8 Å². The molecule has 0 aliphatic carbocycles. The summed E-state index contributed by atoms with van der Waals surface area (Å²) in [4.78, 5) is 12.2. The van der Waals surface area contributed by atoms with Crippen LogP contribution in [0.5, 0.6) is 0 Å². The Labute approximate surface area is 105 Å². The first-order valence-electron chi connectivity index (χ1n) is 5.46. The Morgan fingerprint density at radius 3 is 2.59 bits per heavy atom. The Hall–Kier alpha value is -1.61. The molecule has 1 heterocycles. The molecule has 0 fully saturated rings. The highest BCUT2D eigenvalue weighted by atomic mass is 35.5. The van der Waals surface area contributed by atoms with E-state index in [2.05, 4.69) is 5.10 Å². The van der Waals surface area contributed by atoms with Gasteiger partial charge in [-0.05, 0) is 44.2 Å². The molecular formula is C13H13ClN2O. The van der Waals surface area contributed by atoms with E-state index in [1.807, 2.05) is 13.8 Å². The van der Waals surface area contributed by atoms with E-state index in [0.717, 1.165) is 5.69 Å². The van der Waals surface area contributed by atoms with Gasteiger partial charge in [-0.25, -0.2) is 0 Å². The molecule has 0 radical (unpaired) electrons. The summed E-state index contributed by atoms with van der Waals surface area (Å²) in [5, 5.41) is 4.89. The molecule has 0 bridgehead atoms. The number of aromatic nitrogens is 2. The average Bonchev–Trinajstić information content (AvgIpc) is 2.70. The van der Waals surface area contributed by atoms with Crippen molar-refractivity contribution in [1.82, 2.24) is 9.78 Å². The van der Waals surface area contributed by atoms with Gasteiger partial charge in [-0.2, -0.15) is 5.10 Å². The Morgan fingerprint density at radius 2 is 2.00 bits per heavy atom. The SMILES string of the molecule is CCn1nc(C)cc1C(=O)c1ccc(Cl)cc1. The predicted molar refractivity (Wildman–Crippen MR) is 67.5 cm³/mol. The van der Waals surface area contributed by atoms with Crippen molar-refractivity contribution in [3.8, 4) is 0 Å². The van der Waals surface area contributed by atoms with Gasteiger partial charge in [-0.1, -0.05) is 11.6 Å². The minimum absolute atomic E-state index is 0.0240. The molecule has 2 aromatic rings. The van der Waals surface area contributed by atoms with Crippen LogP contribution in [0.4, 0.5) is 0 Å². The topological polar surface area (TPSA) is 34.9 Å². The number of hydrogen-bond donors (Lipinski definition) is 0. The van der Waals surface area contributed by atoms with Crippen LogP contribution in [0.15, 0.2) is 30.3 Å². The normalized spacial score (nSPS) is 10.5. The Morgan fingerprint density at radius 1 is 1.35 bits per heavy atom. The number of nitrogens with zero attached hydrogens (tertiary/aromatic N) is 2. The zero-order valence-corrected chi connectivity index (χ0v) is 10.5. The van der Waals surface area contributed by atoms with Crippen molar-refractivity contribution >= 4 is 17.4 Å². The third-order valence-corrected chi connectivity index (χ3v) is 2.79. The van der Waals surface area contributed by atoms with Crippen LogP contribution in [0.2, 0.25) is 5.02 Å². The van der Waals surface area contributed by atoms with Crippen LogP contribution in [0.1, 0.15) is 28.7 Å². The lowest BCUT2D eigenvalue weighted by Gasteiger charge is -2.03. The number of carbonyl (C=O) groups is 1. The second-order valence-corrected chi connectivity index (χ2v) is 4.26.